The summed E-state index contributed by atoms with van der Waals surface area (Å²) in [6.07, 6.45) is 0. The smallest absolute Gasteiger partial charge is 0.337 e. The van der Waals surface area contributed by atoms with Crippen molar-refractivity contribution in [1.82, 2.24) is 0 Å². The van der Waals surface area contributed by atoms with Gasteiger partial charge >= 0.3 is 5.97 Å². The van der Waals surface area contributed by atoms with Gasteiger partial charge in [-0.05, 0) is 23.6 Å². The third kappa shape index (κ3) is 1.68. The van der Waals surface area contributed by atoms with Gasteiger partial charge in [0.25, 0.3) is 0 Å². The van der Waals surface area contributed by atoms with E-state index in [4.69, 9.17) is 4.74 Å². The van der Waals surface area contributed by atoms with Crippen molar-refractivity contribution < 1.29 is 24.2 Å². The number of carbonyl (C=O) groups is 3. The first kappa shape index (κ1) is 13.6. The van der Waals surface area contributed by atoms with Gasteiger partial charge in [0.2, 0.25) is 11.8 Å². The molecule has 0 bridgehead atoms. The summed E-state index contributed by atoms with van der Waals surface area (Å²) in [4.78, 5) is 37.1. The molecule has 2 aliphatic rings. The number of hydrogen-bond acceptors (Lipinski definition) is 4. The molecule has 6 nitrogen and oxygen atoms in total. The van der Waals surface area contributed by atoms with Crippen LogP contribution in [-0.2, 0) is 9.59 Å². The number of piperidine rings is 1. The number of carbonyl (C=O) groups excluding carboxylic acids is 2. The van der Waals surface area contributed by atoms with Crippen LogP contribution in [0.5, 0.6) is 5.75 Å². The number of nitrogens with zero attached hydrogens (tertiary/aromatic N) is 1. The molecule has 3 rings (SSSR count). The maximum atomic E-state index is 12.4. The summed E-state index contributed by atoms with van der Waals surface area (Å²) >= 11 is 0. The van der Waals surface area contributed by atoms with Crippen LogP contribution in [0, 0.1) is 17.3 Å². The van der Waals surface area contributed by atoms with E-state index >= 15 is 0 Å². The zero-order valence-corrected chi connectivity index (χ0v) is 11.9. The van der Waals surface area contributed by atoms with E-state index in [2.05, 4.69) is 0 Å². The fourth-order valence-electron chi connectivity index (χ4n) is 3.19. The molecule has 0 spiro atoms. The van der Waals surface area contributed by atoms with Crippen molar-refractivity contribution in [2.24, 2.45) is 17.3 Å². The van der Waals surface area contributed by atoms with Crippen LogP contribution in [0.1, 0.15) is 24.2 Å². The van der Waals surface area contributed by atoms with Gasteiger partial charge in [-0.25, -0.2) is 9.69 Å². The Kier molecular flexibility index (Phi) is 2.63. The van der Waals surface area contributed by atoms with Gasteiger partial charge in [0.15, 0.2) is 0 Å². The molecule has 2 fully saturated rings. The van der Waals surface area contributed by atoms with Crippen molar-refractivity contribution in [1.29, 1.82) is 0 Å². The van der Waals surface area contributed by atoms with Crippen LogP contribution in [0.15, 0.2) is 18.2 Å². The van der Waals surface area contributed by atoms with Gasteiger partial charge in [-0.15, -0.1) is 0 Å². The number of hydrogen-bond donors (Lipinski definition) is 1. The predicted molar refractivity (Wildman–Crippen MR) is 73.2 cm³/mol. The van der Waals surface area contributed by atoms with Crippen LogP contribution >= 0.6 is 0 Å². The number of aromatic carboxylic acids is 1. The molecule has 2 atom stereocenters. The number of carboxylic acid groups (broad SMARTS) is 1. The second-order valence-electron chi connectivity index (χ2n) is 5.98. The summed E-state index contributed by atoms with van der Waals surface area (Å²) in [7, 11) is 1.42. The number of ether oxygens (including phenoxy) is 1. The van der Waals surface area contributed by atoms with E-state index in [1.807, 2.05) is 13.8 Å². The number of anilines is 1. The molecule has 2 amide bonds. The first-order valence-electron chi connectivity index (χ1n) is 6.60. The molecule has 2 unspecified atom stereocenters. The number of amides is 2. The molecule has 1 aromatic carbocycles. The van der Waals surface area contributed by atoms with Crippen LogP contribution in [0.2, 0.25) is 0 Å². The number of fused-ring (bicyclic) bond motifs is 1. The molecule has 21 heavy (non-hydrogen) atoms. The Hall–Kier alpha value is -2.37. The minimum absolute atomic E-state index is 0.112. The minimum atomic E-state index is -1.20. The van der Waals surface area contributed by atoms with Crippen LogP contribution in [0.25, 0.3) is 0 Å². The summed E-state index contributed by atoms with van der Waals surface area (Å²) in [5.41, 5.74) is -0.322. The molecule has 6 heteroatoms. The highest BCUT2D eigenvalue weighted by atomic mass is 16.5. The van der Waals surface area contributed by atoms with Gasteiger partial charge in [0, 0.05) is 0 Å². The van der Waals surface area contributed by atoms with Gasteiger partial charge in [-0.1, -0.05) is 13.8 Å². The molecule has 1 aromatic rings. The number of methoxy groups -OCH3 is 1. The van der Waals surface area contributed by atoms with E-state index in [1.165, 1.54) is 25.3 Å². The molecule has 1 aliphatic carbocycles. The van der Waals surface area contributed by atoms with E-state index in [-0.39, 0.29) is 40.3 Å². The van der Waals surface area contributed by atoms with E-state index in [1.54, 1.807) is 0 Å². The molecule has 1 heterocycles. The van der Waals surface area contributed by atoms with Crippen LogP contribution < -0.4 is 9.64 Å². The number of carboxylic acids is 1. The van der Waals surface area contributed by atoms with E-state index < -0.39 is 5.97 Å². The number of imide groups is 1. The Morgan fingerprint density at radius 2 is 1.81 bits per heavy atom. The summed E-state index contributed by atoms with van der Waals surface area (Å²) in [6.45, 7) is 3.75. The topological polar surface area (TPSA) is 83.9 Å². The maximum Gasteiger partial charge on any atom is 0.337 e. The average molecular weight is 289 g/mol. The van der Waals surface area contributed by atoms with Gasteiger partial charge in [-0.2, -0.15) is 0 Å². The summed E-state index contributed by atoms with van der Waals surface area (Å²) in [5, 5.41) is 9.29. The summed E-state index contributed by atoms with van der Waals surface area (Å²) in [5.74, 6) is -2.15. The fourth-order valence-corrected chi connectivity index (χ4v) is 3.19. The first-order valence-corrected chi connectivity index (χ1v) is 6.60. The van der Waals surface area contributed by atoms with Gasteiger partial charge in [0.05, 0.1) is 30.2 Å². The number of rotatable bonds is 3. The second-order valence-corrected chi connectivity index (χ2v) is 5.98. The first-order chi connectivity index (χ1) is 9.80. The standard InChI is InChI=1S/C15H15NO5/c1-15(2)10-11(15)13(18)16(12(10)17)9-5-4-7(21-3)6-8(9)14(19)20/h4-6,10-11H,1-3H3,(H,19,20). The van der Waals surface area contributed by atoms with Crippen molar-refractivity contribution in [3.63, 3.8) is 0 Å². The van der Waals surface area contributed by atoms with Crippen molar-refractivity contribution in [3.05, 3.63) is 23.8 Å². The minimum Gasteiger partial charge on any atom is -0.497 e. The molecular weight excluding hydrogens is 274 g/mol. The Morgan fingerprint density at radius 1 is 1.24 bits per heavy atom. The van der Waals surface area contributed by atoms with Crippen LogP contribution in [0.3, 0.4) is 0 Å². The Balaban J connectivity index is 2.05. The Morgan fingerprint density at radius 3 is 2.29 bits per heavy atom. The predicted octanol–water partition coefficient (Wildman–Crippen LogP) is 1.54. The molecule has 0 aromatic heterocycles. The highest BCUT2D eigenvalue weighted by molar-refractivity contribution is 6.27. The third-order valence-corrected chi connectivity index (χ3v) is 4.48. The fraction of sp³-hybridized carbons (Fsp3) is 0.400. The molecule has 0 radical (unpaired) electrons. The van der Waals surface area contributed by atoms with Crippen molar-refractivity contribution >= 4 is 23.5 Å². The zero-order chi connectivity index (χ0) is 15.5. The highest BCUT2D eigenvalue weighted by Gasteiger charge is 2.72. The Bertz CT molecular complexity index is 655. The lowest BCUT2D eigenvalue weighted by Gasteiger charge is -2.22. The van der Waals surface area contributed by atoms with Gasteiger partial charge in [-0.3, -0.25) is 9.59 Å². The van der Waals surface area contributed by atoms with Crippen LogP contribution in [0.4, 0.5) is 5.69 Å². The van der Waals surface area contributed by atoms with E-state index in [0.717, 1.165) is 4.90 Å². The molecular formula is C15H15NO5. The van der Waals surface area contributed by atoms with Crippen LogP contribution in [-0.4, -0.2) is 30.0 Å². The number of benzene rings is 1. The molecule has 1 N–H and O–H groups in total. The lowest BCUT2D eigenvalue weighted by molar-refractivity contribution is -0.125. The largest absolute Gasteiger partial charge is 0.497 e. The molecule has 1 saturated carbocycles. The molecule has 1 aliphatic heterocycles. The lowest BCUT2D eigenvalue weighted by atomic mass is 10.0. The van der Waals surface area contributed by atoms with E-state index in [9.17, 15) is 19.5 Å². The summed E-state index contributed by atoms with van der Waals surface area (Å²) < 4.78 is 4.99. The van der Waals surface area contributed by atoms with Gasteiger partial charge in [0.1, 0.15) is 5.75 Å². The lowest BCUT2D eigenvalue weighted by Crippen LogP contribution is -2.37. The third-order valence-electron chi connectivity index (χ3n) is 4.48. The SMILES string of the molecule is COc1ccc(N2C(=O)C3C(C2=O)C3(C)C)c(C(=O)O)c1. The molecule has 1 saturated heterocycles. The van der Waals surface area contributed by atoms with Crippen molar-refractivity contribution in [2.75, 3.05) is 12.0 Å². The normalized spacial score (nSPS) is 25.8. The van der Waals surface area contributed by atoms with Crippen molar-refractivity contribution in [2.45, 2.75) is 13.8 Å². The van der Waals surface area contributed by atoms with E-state index in [0.29, 0.717) is 5.75 Å². The van der Waals surface area contributed by atoms with Crippen molar-refractivity contribution in [3.8, 4) is 5.75 Å². The highest BCUT2D eigenvalue weighted by Crippen LogP contribution is 2.63. The zero-order valence-electron chi connectivity index (χ0n) is 11.9. The maximum absolute atomic E-state index is 12.4. The van der Waals surface area contributed by atoms with Gasteiger partial charge < -0.3 is 9.84 Å². The monoisotopic (exact) mass is 289 g/mol. The Labute approximate surface area is 121 Å². The molecule has 110 valence electrons. The summed E-state index contributed by atoms with van der Waals surface area (Å²) in [6, 6.07) is 4.29. The average Bonchev–Trinajstić information content (AvgIpc) is 2.89. The quantitative estimate of drug-likeness (QED) is 0.853. The second kappa shape index (κ2) is 4.07.